The second kappa shape index (κ2) is 4.45. The van der Waals surface area contributed by atoms with Gasteiger partial charge in [-0.25, -0.2) is 0 Å². The van der Waals surface area contributed by atoms with Gasteiger partial charge in [-0.1, -0.05) is 6.07 Å². The molecule has 1 amide bonds. The van der Waals surface area contributed by atoms with Crippen LogP contribution in [-0.4, -0.2) is 42.4 Å². The number of hydrogen-bond acceptors (Lipinski definition) is 4. The van der Waals surface area contributed by atoms with Crippen LogP contribution in [0.5, 0.6) is 0 Å². The minimum Gasteiger partial charge on any atom is -0.393 e. The summed E-state index contributed by atoms with van der Waals surface area (Å²) in [6, 6.07) is 5.81. The normalized spacial score (nSPS) is 34.5. The number of hydrogen-bond donors (Lipinski definition) is 2. The molecule has 5 nitrogen and oxygen atoms in total. The molecule has 1 aromatic carbocycles. The number of benzene rings is 1. The molecule has 1 saturated heterocycles. The number of aliphatic hydroxyl groups is 2. The Hall–Kier alpha value is -1.59. The topological polar surface area (TPSA) is 64.0 Å². The summed E-state index contributed by atoms with van der Waals surface area (Å²) in [6.07, 6.45) is 0.834. The smallest absolute Gasteiger partial charge is 0.260 e. The lowest BCUT2D eigenvalue weighted by molar-refractivity contribution is -0.125. The Morgan fingerprint density at radius 3 is 2.76 bits per heavy atom. The maximum absolute atomic E-state index is 11.8. The molecule has 5 heteroatoms. The first-order chi connectivity index (χ1) is 10.1. The summed E-state index contributed by atoms with van der Waals surface area (Å²) in [4.78, 5) is 15.6. The fourth-order valence-electron chi connectivity index (χ4n) is 4.13. The number of carbonyl (C=O) groups excluding carboxylic acids is 1. The lowest BCUT2D eigenvalue weighted by Gasteiger charge is -2.22. The third-order valence-electron chi connectivity index (χ3n) is 5.42. The van der Waals surface area contributed by atoms with Crippen LogP contribution in [0.4, 0.5) is 11.4 Å². The quantitative estimate of drug-likeness (QED) is 0.806. The summed E-state index contributed by atoms with van der Waals surface area (Å²) >= 11 is 0. The molecule has 3 aliphatic rings. The molecule has 4 unspecified atom stereocenters. The number of carbonyl (C=O) groups is 1. The van der Waals surface area contributed by atoms with Gasteiger partial charge in [0.2, 0.25) is 0 Å². The Kier molecular flexibility index (Phi) is 2.78. The second-order valence-electron chi connectivity index (χ2n) is 6.52. The third kappa shape index (κ3) is 1.80. The van der Waals surface area contributed by atoms with Crippen LogP contribution in [0.2, 0.25) is 0 Å². The maximum atomic E-state index is 11.8. The van der Waals surface area contributed by atoms with Crippen LogP contribution < -0.4 is 9.80 Å². The summed E-state index contributed by atoms with van der Waals surface area (Å²) in [5.41, 5.74) is 2.55. The average molecular weight is 288 g/mol. The van der Waals surface area contributed by atoms with Crippen molar-refractivity contribution < 1.29 is 15.0 Å². The van der Waals surface area contributed by atoms with E-state index in [1.165, 1.54) is 4.90 Å². The largest absolute Gasteiger partial charge is 0.393 e. The van der Waals surface area contributed by atoms with E-state index in [-0.39, 0.29) is 12.0 Å². The first-order valence-corrected chi connectivity index (χ1v) is 7.59. The van der Waals surface area contributed by atoms with Crippen molar-refractivity contribution in [1.29, 1.82) is 0 Å². The van der Waals surface area contributed by atoms with Gasteiger partial charge in [0.05, 0.1) is 11.8 Å². The lowest BCUT2D eigenvalue weighted by Crippen LogP contribution is -2.25. The van der Waals surface area contributed by atoms with Crippen LogP contribution in [0.1, 0.15) is 24.5 Å². The van der Waals surface area contributed by atoms with Gasteiger partial charge in [-0.15, -0.1) is 0 Å². The Balaban J connectivity index is 1.62. The summed E-state index contributed by atoms with van der Waals surface area (Å²) in [6.45, 7) is 1.85. The van der Waals surface area contributed by atoms with Gasteiger partial charge in [0.15, 0.2) is 6.10 Å². The second-order valence-corrected chi connectivity index (χ2v) is 6.52. The molecule has 0 spiro atoms. The van der Waals surface area contributed by atoms with Gasteiger partial charge in [0, 0.05) is 37.3 Å². The maximum Gasteiger partial charge on any atom is 0.260 e. The van der Waals surface area contributed by atoms with E-state index in [9.17, 15) is 15.0 Å². The van der Waals surface area contributed by atoms with Gasteiger partial charge in [-0.3, -0.25) is 4.79 Å². The van der Waals surface area contributed by atoms with E-state index in [1.807, 2.05) is 18.2 Å². The summed E-state index contributed by atoms with van der Waals surface area (Å²) in [5.74, 6) is 0.692. The van der Waals surface area contributed by atoms with Crippen molar-refractivity contribution in [3.8, 4) is 0 Å². The molecule has 21 heavy (non-hydrogen) atoms. The molecule has 1 aromatic rings. The molecule has 0 radical (unpaired) electrons. The standard InChI is InChI=1S/C16H20N2O3/c1-17-13-6-10(3-4-11(13)15(20)16(17)21)18-7-9-2-5-14(19)12(9)8-18/h3-4,6,9,12,14-15,19-20H,2,5,7-8H2,1H3. The molecule has 2 aliphatic heterocycles. The summed E-state index contributed by atoms with van der Waals surface area (Å²) < 4.78 is 0. The summed E-state index contributed by atoms with van der Waals surface area (Å²) in [5, 5.41) is 19.9. The van der Waals surface area contributed by atoms with Crippen LogP contribution >= 0.6 is 0 Å². The van der Waals surface area contributed by atoms with Crippen molar-refractivity contribution in [1.82, 2.24) is 0 Å². The Bertz CT molecular complexity index is 603. The fourth-order valence-corrected chi connectivity index (χ4v) is 4.13. The predicted octanol–water partition coefficient (Wildman–Crippen LogP) is 0.903. The molecule has 1 saturated carbocycles. The van der Waals surface area contributed by atoms with Gasteiger partial charge < -0.3 is 20.0 Å². The van der Waals surface area contributed by atoms with Crippen molar-refractivity contribution in [2.24, 2.45) is 11.8 Å². The zero-order chi connectivity index (χ0) is 14.7. The molecule has 2 fully saturated rings. The Labute approximate surface area is 123 Å². The molecule has 2 N–H and O–H groups in total. The fraction of sp³-hybridized carbons (Fsp3) is 0.562. The van der Waals surface area contributed by atoms with Crippen molar-refractivity contribution in [3.05, 3.63) is 23.8 Å². The van der Waals surface area contributed by atoms with Crippen molar-refractivity contribution in [2.45, 2.75) is 25.0 Å². The molecule has 0 aromatic heterocycles. The number of nitrogens with zero attached hydrogens (tertiary/aromatic N) is 2. The monoisotopic (exact) mass is 288 g/mol. The Morgan fingerprint density at radius 2 is 2.00 bits per heavy atom. The van der Waals surface area contributed by atoms with Crippen molar-refractivity contribution in [2.75, 3.05) is 29.9 Å². The number of likely N-dealkylation sites (N-methyl/N-ethyl adjacent to an activating group) is 1. The van der Waals surface area contributed by atoms with E-state index < -0.39 is 6.10 Å². The first-order valence-electron chi connectivity index (χ1n) is 7.59. The highest BCUT2D eigenvalue weighted by Gasteiger charge is 2.42. The van der Waals surface area contributed by atoms with Crippen molar-refractivity contribution in [3.63, 3.8) is 0 Å². The van der Waals surface area contributed by atoms with Crippen molar-refractivity contribution >= 4 is 17.3 Å². The highest BCUT2D eigenvalue weighted by molar-refractivity contribution is 6.03. The van der Waals surface area contributed by atoms with Crippen LogP contribution in [0.15, 0.2) is 18.2 Å². The van der Waals surface area contributed by atoms with E-state index in [2.05, 4.69) is 4.90 Å². The van der Waals surface area contributed by atoms with Gasteiger partial charge in [-0.2, -0.15) is 0 Å². The zero-order valence-corrected chi connectivity index (χ0v) is 12.1. The van der Waals surface area contributed by atoms with Crippen LogP contribution in [0.25, 0.3) is 0 Å². The van der Waals surface area contributed by atoms with E-state index in [4.69, 9.17) is 0 Å². The van der Waals surface area contributed by atoms with Gasteiger partial charge in [-0.05, 0) is 30.9 Å². The molecule has 1 aliphatic carbocycles. The SMILES string of the molecule is CN1C(=O)C(O)c2ccc(N3CC4CCC(O)C4C3)cc21. The lowest BCUT2D eigenvalue weighted by atomic mass is 10.00. The molecular formula is C16H20N2O3. The van der Waals surface area contributed by atoms with Crippen LogP contribution in [0, 0.1) is 11.8 Å². The average Bonchev–Trinajstić information content (AvgIpc) is 3.12. The Morgan fingerprint density at radius 1 is 1.19 bits per heavy atom. The van der Waals surface area contributed by atoms with E-state index in [0.717, 1.165) is 37.3 Å². The van der Waals surface area contributed by atoms with Crippen LogP contribution in [0.3, 0.4) is 0 Å². The molecule has 2 heterocycles. The molecule has 0 bridgehead atoms. The van der Waals surface area contributed by atoms with E-state index in [0.29, 0.717) is 17.4 Å². The highest BCUT2D eigenvalue weighted by Crippen LogP contribution is 2.42. The molecule has 112 valence electrons. The number of aliphatic hydroxyl groups excluding tert-OH is 2. The summed E-state index contributed by atoms with van der Waals surface area (Å²) in [7, 11) is 1.70. The van der Waals surface area contributed by atoms with Gasteiger partial charge in [0.25, 0.3) is 5.91 Å². The number of rotatable bonds is 1. The molecule has 4 rings (SSSR count). The number of fused-ring (bicyclic) bond motifs is 2. The zero-order valence-electron chi connectivity index (χ0n) is 12.1. The van der Waals surface area contributed by atoms with Gasteiger partial charge in [0.1, 0.15) is 0 Å². The van der Waals surface area contributed by atoms with Crippen LogP contribution in [-0.2, 0) is 4.79 Å². The van der Waals surface area contributed by atoms with E-state index >= 15 is 0 Å². The first kappa shape index (κ1) is 13.1. The number of amides is 1. The molecule has 4 atom stereocenters. The minimum atomic E-state index is -1.03. The minimum absolute atomic E-state index is 0.166. The van der Waals surface area contributed by atoms with Gasteiger partial charge >= 0.3 is 0 Å². The third-order valence-corrected chi connectivity index (χ3v) is 5.42. The number of anilines is 2. The molecular weight excluding hydrogens is 268 g/mol. The highest BCUT2D eigenvalue weighted by atomic mass is 16.3. The predicted molar refractivity (Wildman–Crippen MR) is 79.2 cm³/mol. The van der Waals surface area contributed by atoms with E-state index in [1.54, 1.807) is 7.05 Å².